The van der Waals surface area contributed by atoms with Crippen molar-refractivity contribution in [3.63, 3.8) is 0 Å². The zero-order valence-electron chi connectivity index (χ0n) is 14.3. The monoisotopic (exact) mass is 342 g/mol. The molecule has 0 fully saturated rings. The van der Waals surface area contributed by atoms with E-state index in [1.165, 1.54) is 0 Å². The number of nitrogens with one attached hydrogen (secondary N) is 2. The molecule has 0 radical (unpaired) electrons. The van der Waals surface area contributed by atoms with Crippen LogP contribution in [0.1, 0.15) is 19.4 Å². The van der Waals surface area contributed by atoms with E-state index in [1.807, 2.05) is 42.5 Å². The molecule has 0 aliphatic carbocycles. The van der Waals surface area contributed by atoms with Crippen molar-refractivity contribution in [2.24, 2.45) is 5.92 Å². The quantitative estimate of drug-likeness (QED) is 0.714. The summed E-state index contributed by atoms with van der Waals surface area (Å²) in [5.74, 6) is -2.14. The second-order valence-corrected chi connectivity index (χ2v) is 6.22. The second kappa shape index (κ2) is 8.28. The fourth-order valence-corrected chi connectivity index (χ4v) is 2.60. The van der Waals surface area contributed by atoms with Crippen LogP contribution in [0, 0.1) is 5.92 Å². The highest BCUT2D eigenvalue weighted by atomic mass is 16.4. The molecular weight excluding hydrogens is 320 g/mol. The van der Waals surface area contributed by atoms with Gasteiger partial charge in [-0.25, -0.2) is 4.79 Å². The molecule has 2 aromatic carbocycles. The van der Waals surface area contributed by atoms with E-state index in [0.29, 0.717) is 0 Å². The van der Waals surface area contributed by atoms with Crippen molar-refractivity contribution in [3.8, 4) is 0 Å². The third-order valence-corrected chi connectivity index (χ3v) is 3.93. The van der Waals surface area contributed by atoms with Crippen molar-refractivity contribution >= 4 is 28.6 Å². The van der Waals surface area contributed by atoms with Gasteiger partial charge in [0.05, 0.1) is 13.0 Å². The maximum atomic E-state index is 12.1. The summed E-state index contributed by atoms with van der Waals surface area (Å²) in [6, 6.07) is 12.5. The van der Waals surface area contributed by atoms with E-state index in [-0.39, 0.29) is 24.8 Å². The first-order chi connectivity index (χ1) is 11.9. The molecule has 25 heavy (non-hydrogen) atoms. The van der Waals surface area contributed by atoms with Gasteiger partial charge in [0.25, 0.3) is 0 Å². The van der Waals surface area contributed by atoms with E-state index in [4.69, 9.17) is 5.11 Å². The number of carbonyl (C=O) groups is 3. The number of carboxylic acids is 1. The van der Waals surface area contributed by atoms with Crippen LogP contribution in [0.3, 0.4) is 0 Å². The van der Waals surface area contributed by atoms with E-state index < -0.39 is 17.9 Å². The van der Waals surface area contributed by atoms with E-state index in [0.717, 1.165) is 16.3 Å². The Bertz CT molecular complexity index is 781. The van der Waals surface area contributed by atoms with Crippen molar-refractivity contribution in [1.29, 1.82) is 0 Å². The highest BCUT2D eigenvalue weighted by Gasteiger charge is 2.23. The Kier molecular flexibility index (Phi) is 6.11. The summed E-state index contributed by atoms with van der Waals surface area (Å²) in [6.45, 7) is 3.16. The molecule has 0 heterocycles. The predicted molar refractivity (Wildman–Crippen MR) is 95.1 cm³/mol. The van der Waals surface area contributed by atoms with Crippen LogP contribution in [0.2, 0.25) is 0 Å². The van der Waals surface area contributed by atoms with Gasteiger partial charge in [-0.15, -0.1) is 0 Å². The zero-order valence-corrected chi connectivity index (χ0v) is 14.3. The van der Waals surface area contributed by atoms with Gasteiger partial charge in [-0.3, -0.25) is 9.59 Å². The fourth-order valence-electron chi connectivity index (χ4n) is 2.60. The summed E-state index contributed by atoms with van der Waals surface area (Å²) in [5.41, 5.74) is 0.876. The molecular formula is C19H22N2O4. The molecule has 132 valence electrons. The van der Waals surface area contributed by atoms with Gasteiger partial charge in [0.15, 0.2) is 0 Å². The molecule has 0 unspecified atom stereocenters. The van der Waals surface area contributed by atoms with Crippen molar-refractivity contribution in [2.75, 3.05) is 6.54 Å². The Morgan fingerprint density at radius 3 is 2.36 bits per heavy atom. The molecule has 0 aromatic heterocycles. The van der Waals surface area contributed by atoms with Crippen LogP contribution in [0.25, 0.3) is 10.8 Å². The van der Waals surface area contributed by atoms with Crippen LogP contribution in [-0.4, -0.2) is 35.5 Å². The number of benzene rings is 2. The Morgan fingerprint density at radius 1 is 1.00 bits per heavy atom. The largest absolute Gasteiger partial charge is 0.480 e. The van der Waals surface area contributed by atoms with Gasteiger partial charge in [0.1, 0.15) is 6.04 Å². The van der Waals surface area contributed by atoms with Gasteiger partial charge in [-0.1, -0.05) is 56.3 Å². The third kappa shape index (κ3) is 5.04. The number of hydrogen-bond acceptors (Lipinski definition) is 3. The fraction of sp³-hybridized carbons (Fsp3) is 0.316. The molecule has 6 nitrogen and oxygen atoms in total. The van der Waals surface area contributed by atoms with Crippen molar-refractivity contribution < 1.29 is 19.5 Å². The van der Waals surface area contributed by atoms with E-state index in [2.05, 4.69) is 10.6 Å². The summed E-state index contributed by atoms with van der Waals surface area (Å²) in [7, 11) is 0. The van der Waals surface area contributed by atoms with Crippen LogP contribution >= 0.6 is 0 Å². The van der Waals surface area contributed by atoms with Crippen molar-refractivity contribution in [2.45, 2.75) is 26.3 Å². The lowest BCUT2D eigenvalue weighted by molar-refractivity contribution is -0.143. The third-order valence-electron chi connectivity index (χ3n) is 3.93. The van der Waals surface area contributed by atoms with Crippen LogP contribution in [0.4, 0.5) is 0 Å². The average Bonchev–Trinajstić information content (AvgIpc) is 2.57. The molecule has 2 amide bonds. The molecule has 0 saturated carbocycles. The molecule has 0 aliphatic heterocycles. The smallest absolute Gasteiger partial charge is 0.326 e. The van der Waals surface area contributed by atoms with E-state index >= 15 is 0 Å². The van der Waals surface area contributed by atoms with Gasteiger partial charge < -0.3 is 15.7 Å². The molecule has 2 aromatic rings. The van der Waals surface area contributed by atoms with Crippen LogP contribution in [0.15, 0.2) is 42.5 Å². The van der Waals surface area contributed by atoms with Gasteiger partial charge in [-0.05, 0) is 22.3 Å². The Hall–Kier alpha value is -2.89. The Balaban J connectivity index is 1.92. The number of aliphatic carboxylic acids is 1. The molecule has 0 aliphatic rings. The summed E-state index contributed by atoms with van der Waals surface area (Å²) in [4.78, 5) is 35.0. The standard InChI is InChI=1S/C19H22N2O4/c1-12(2)18(19(24)25)21-17(23)11-20-16(22)10-14-8-5-7-13-6-3-4-9-15(13)14/h3-9,12,18H,10-11H2,1-2H3,(H,20,22)(H,21,23)(H,24,25)/t18-/m0/s1. The number of carboxylic acid groups (broad SMARTS) is 1. The minimum absolute atomic E-state index is 0.154. The minimum atomic E-state index is -1.09. The van der Waals surface area contributed by atoms with Crippen LogP contribution in [0.5, 0.6) is 0 Å². The van der Waals surface area contributed by atoms with Gasteiger partial charge in [0, 0.05) is 0 Å². The topological polar surface area (TPSA) is 95.5 Å². The molecule has 0 spiro atoms. The minimum Gasteiger partial charge on any atom is -0.480 e. The normalized spacial score (nSPS) is 12.0. The maximum absolute atomic E-state index is 12.1. The number of carbonyl (C=O) groups excluding carboxylic acids is 2. The lowest BCUT2D eigenvalue weighted by atomic mass is 10.0. The molecule has 0 saturated heterocycles. The SMILES string of the molecule is CC(C)[C@H](NC(=O)CNC(=O)Cc1cccc2ccccc12)C(=O)O. The van der Waals surface area contributed by atoms with Gasteiger partial charge in [-0.2, -0.15) is 0 Å². The van der Waals surface area contributed by atoms with Crippen molar-refractivity contribution in [3.05, 3.63) is 48.0 Å². The first-order valence-corrected chi connectivity index (χ1v) is 8.14. The average molecular weight is 342 g/mol. The summed E-state index contributed by atoms with van der Waals surface area (Å²) in [6.07, 6.45) is 0.154. The van der Waals surface area contributed by atoms with Crippen LogP contribution in [-0.2, 0) is 20.8 Å². The predicted octanol–water partition coefficient (Wildman–Crippen LogP) is 1.72. The summed E-state index contributed by atoms with van der Waals surface area (Å²) >= 11 is 0. The number of fused-ring (bicyclic) bond motifs is 1. The lowest BCUT2D eigenvalue weighted by Crippen LogP contribution is -2.48. The molecule has 0 bridgehead atoms. The lowest BCUT2D eigenvalue weighted by Gasteiger charge is -2.18. The van der Waals surface area contributed by atoms with E-state index in [1.54, 1.807) is 13.8 Å². The number of rotatable bonds is 7. The second-order valence-electron chi connectivity index (χ2n) is 6.22. The van der Waals surface area contributed by atoms with E-state index in [9.17, 15) is 14.4 Å². The highest BCUT2D eigenvalue weighted by Crippen LogP contribution is 2.18. The number of amides is 2. The Morgan fingerprint density at radius 2 is 1.68 bits per heavy atom. The molecule has 3 N–H and O–H groups in total. The zero-order chi connectivity index (χ0) is 18.4. The van der Waals surface area contributed by atoms with Crippen LogP contribution < -0.4 is 10.6 Å². The van der Waals surface area contributed by atoms with Crippen molar-refractivity contribution in [1.82, 2.24) is 10.6 Å². The molecule has 6 heteroatoms. The summed E-state index contributed by atoms with van der Waals surface area (Å²) < 4.78 is 0. The maximum Gasteiger partial charge on any atom is 0.326 e. The Labute approximate surface area is 146 Å². The van der Waals surface area contributed by atoms with Gasteiger partial charge in [0.2, 0.25) is 11.8 Å². The first kappa shape index (κ1) is 18.4. The number of hydrogen-bond donors (Lipinski definition) is 3. The summed E-state index contributed by atoms with van der Waals surface area (Å²) in [5, 5.41) is 16.1. The molecule has 2 rings (SSSR count). The first-order valence-electron chi connectivity index (χ1n) is 8.14. The highest BCUT2D eigenvalue weighted by molar-refractivity contribution is 5.92. The van der Waals surface area contributed by atoms with Gasteiger partial charge >= 0.3 is 5.97 Å². The molecule has 1 atom stereocenters.